The summed E-state index contributed by atoms with van der Waals surface area (Å²) >= 11 is 0. The van der Waals surface area contributed by atoms with Crippen LogP contribution in [0.3, 0.4) is 0 Å². The molecule has 1 saturated heterocycles. The lowest BCUT2D eigenvalue weighted by Crippen LogP contribution is -2.47. The third-order valence-corrected chi connectivity index (χ3v) is 4.12. The van der Waals surface area contributed by atoms with Gasteiger partial charge in [0.1, 0.15) is 5.82 Å². The normalized spacial score (nSPS) is 21.2. The zero-order chi connectivity index (χ0) is 17.8. The van der Waals surface area contributed by atoms with E-state index in [4.69, 9.17) is 4.74 Å². The van der Waals surface area contributed by atoms with Crippen molar-refractivity contribution in [1.29, 1.82) is 0 Å². The van der Waals surface area contributed by atoms with Gasteiger partial charge in [-0.3, -0.25) is 9.69 Å². The number of ether oxygens (including phenoxy) is 1. The van der Waals surface area contributed by atoms with E-state index in [1.54, 1.807) is 29.1 Å². The lowest BCUT2D eigenvalue weighted by atomic mass is 10.2. The highest BCUT2D eigenvalue weighted by Crippen LogP contribution is 2.10. The number of halogens is 1. The SMILES string of the molecule is C[C@@H]1CN(CCNC(=O)c2ccn(-c3ccc(F)cc3)n2)C[C@H](C)O1. The summed E-state index contributed by atoms with van der Waals surface area (Å²) in [5.74, 6) is -0.518. The van der Waals surface area contributed by atoms with E-state index >= 15 is 0 Å². The van der Waals surface area contributed by atoms with Crippen molar-refractivity contribution in [3.63, 3.8) is 0 Å². The van der Waals surface area contributed by atoms with Gasteiger partial charge in [-0.05, 0) is 44.2 Å². The molecule has 1 fully saturated rings. The summed E-state index contributed by atoms with van der Waals surface area (Å²) in [6.45, 7) is 7.20. The number of nitrogens with one attached hydrogen (secondary N) is 1. The van der Waals surface area contributed by atoms with Gasteiger partial charge in [-0.15, -0.1) is 0 Å². The highest BCUT2D eigenvalue weighted by molar-refractivity contribution is 5.92. The predicted octanol–water partition coefficient (Wildman–Crippen LogP) is 1.85. The first kappa shape index (κ1) is 17.6. The molecule has 25 heavy (non-hydrogen) atoms. The molecule has 0 unspecified atom stereocenters. The average Bonchev–Trinajstić information content (AvgIpc) is 3.04. The molecule has 6 nitrogen and oxygen atoms in total. The van der Waals surface area contributed by atoms with E-state index < -0.39 is 0 Å². The molecule has 1 aromatic carbocycles. The Morgan fingerprint density at radius 1 is 1.24 bits per heavy atom. The van der Waals surface area contributed by atoms with Crippen LogP contribution in [0.15, 0.2) is 36.5 Å². The second-order valence-electron chi connectivity index (χ2n) is 6.39. The Morgan fingerprint density at radius 3 is 2.60 bits per heavy atom. The smallest absolute Gasteiger partial charge is 0.271 e. The molecule has 7 heteroatoms. The van der Waals surface area contributed by atoms with Crippen molar-refractivity contribution in [2.24, 2.45) is 0 Å². The molecule has 2 atom stereocenters. The van der Waals surface area contributed by atoms with Gasteiger partial charge in [0, 0.05) is 32.4 Å². The number of aromatic nitrogens is 2. The van der Waals surface area contributed by atoms with Gasteiger partial charge in [-0.1, -0.05) is 0 Å². The summed E-state index contributed by atoms with van der Waals surface area (Å²) in [6.07, 6.45) is 2.12. The molecular formula is C18H23FN4O2. The van der Waals surface area contributed by atoms with Gasteiger partial charge in [-0.25, -0.2) is 9.07 Å². The maximum absolute atomic E-state index is 13.0. The molecule has 1 amide bonds. The fraction of sp³-hybridized carbons (Fsp3) is 0.444. The van der Waals surface area contributed by atoms with Crippen LogP contribution >= 0.6 is 0 Å². The van der Waals surface area contributed by atoms with Gasteiger partial charge >= 0.3 is 0 Å². The highest BCUT2D eigenvalue weighted by atomic mass is 19.1. The molecule has 2 heterocycles. The highest BCUT2D eigenvalue weighted by Gasteiger charge is 2.21. The van der Waals surface area contributed by atoms with Crippen LogP contribution in [-0.2, 0) is 4.74 Å². The Morgan fingerprint density at radius 2 is 1.92 bits per heavy atom. The molecule has 3 rings (SSSR count). The third kappa shape index (κ3) is 4.64. The summed E-state index contributed by atoms with van der Waals surface area (Å²) in [5, 5.41) is 7.14. The predicted molar refractivity (Wildman–Crippen MR) is 92.3 cm³/mol. The van der Waals surface area contributed by atoms with Gasteiger partial charge in [0.2, 0.25) is 0 Å². The molecule has 2 aromatic rings. The fourth-order valence-corrected chi connectivity index (χ4v) is 3.07. The van der Waals surface area contributed by atoms with Crippen LogP contribution in [0.25, 0.3) is 5.69 Å². The van der Waals surface area contributed by atoms with Crippen molar-refractivity contribution in [1.82, 2.24) is 20.0 Å². The van der Waals surface area contributed by atoms with Gasteiger partial charge < -0.3 is 10.1 Å². The molecule has 1 aliphatic heterocycles. The molecule has 0 radical (unpaired) electrons. The number of nitrogens with zero attached hydrogens (tertiary/aromatic N) is 3. The first-order valence-electron chi connectivity index (χ1n) is 8.49. The zero-order valence-corrected chi connectivity index (χ0v) is 14.5. The quantitative estimate of drug-likeness (QED) is 0.898. The average molecular weight is 346 g/mol. The van der Waals surface area contributed by atoms with Crippen molar-refractivity contribution < 1.29 is 13.9 Å². The minimum Gasteiger partial charge on any atom is -0.373 e. The summed E-state index contributed by atoms with van der Waals surface area (Å²) in [7, 11) is 0. The van der Waals surface area contributed by atoms with Crippen molar-refractivity contribution >= 4 is 5.91 Å². The number of amides is 1. The molecule has 1 aliphatic rings. The molecule has 0 aliphatic carbocycles. The number of morpholine rings is 1. The van der Waals surface area contributed by atoms with E-state index in [-0.39, 0.29) is 23.9 Å². The standard InChI is InChI=1S/C18H23FN4O2/c1-13-11-22(12-14(2)25-13)10-8-20-18(24)17-7-9-23(21-17)16-5-3-15(19)4-6-16/h3-7,9,13-14H,8,10-12H2,1-2H3,(H,20,24)/t13-,14+. The van der Waals surface area contributed by atoms with Gasteiger partial charge in [0.15, 0.2) is 5.69 Å². The number of hydrogen-bond acceptors (Lipinski definition) is 4. The van der Waals surface area contributed by atoms with Crippen LogP contribution in [0, 0.1) is 5.82 Å². The number of rotatable bonds is 5. The molecule has 1 N–H and O–H groups in total. The maximum Gasteiger partial charge on any atom is 0.271 e. The number of benzene rings is 1. The van der Waals surface area contributed by atoms with E-state index in [0.29, 0.717) is 17.9 Å². The van der Waals surface area contributed by atoms with Crippen molar-refractivity contribution in [3.8, 4) is 5.69 Å². The Hall–Kier alpha value is -2.25. The van der Waals surface area contributed by atoms with E-state index in [1.807, 2.05) is 0 Å². The van der Waals surface area contributed by atoms with E-state index in [1.165, 1.54) is 12.1 Å². The van der Waals surface area contributed by atoms with Gasteiger partial charge in [0.05, 0.1) is 17.9 Å². The van der Waals surface area contributed by atoms with Crippen LogP contribution in [-0.4, -0.2) is 59.0 Å². The van der Waals surface area contributed by atoms with Gasteiger partial charge in [0.25, 0.3) is 5.91 Å². The molecule has 0 saturated carbocycles. The van der Waals surface area contributed by atoms with Crippen LogP contribution < -0.4 is 5.32 Å². The second-order valence-corrected chi connectivity index (χ2v) is 6.39. The van der Waals surface area contributed by atoms with Crippen LogP contribution in [0.5, 0.6) is 0 Å². The fourth-order valence-electron chi connectivity index (χ4n) is 3.07. The molecular weight excluding hydrogens is 323 g/mol. The lowest BCUT2D eigenvalue weighted by molar-refractivity contribution is -0.0672. The van der Waals surface area contributed by atoms with Crippen LogP contribution in [0.4, 0.5) is 4.39 Å². The minimum atomic E-state index is -0.305. The topological polar surface area (TPSA) is 59.4 Å². The van der Waals surface area contributed by atoms with E-state index in [9.17, 15) is 9.18 Å². The van der Waals surface area contributed by atoms with Crippen molar-refractivity contribution in [3.05, 3.63) is 48.0 Å². The maximum atomic E-state index is 13.0. The van der Waals surface area contributed by atoms with Crippen LogP contribution in [0.2, 0.25) is 0 Å². The Kier molecular flexibility index (Phi) is 5.45. The summed E-state index contributed by atoms with van der Waals surface area (Å²) < 4.78 is 20.2. The molecule has 1 aromatic heterocycles. The minimum absolute atomic E-state index is 0.213. The second kappa shape index (κ2) is 7.76. The van der Waals surface area contributed by atoms with E-state index in [0.717, 1.165) is 19.6 Å². The number of carbonyl (C=O) groups excluding carboxylic acids is 1. The van der Waals surface area contributed by atoms with Crippen molar-refractivity contribution in [2.75, 3.05) is 26.2 Å². The third-order valence-electron chi connectivity index (χ3n) is 4.12. The Balaban J connectivity index is 1.51. The summed E-state index contributed by atoms with van der Waals surface area (Å²) in [6, 6.07) is 7.61. The first-order chi connectivity index (χ1) is 12.0. The lowest BCUT2D eigenvalue weighted by Gasteiger charge is -2.35. The largest absolute Gasteiger partial charge is 0.373 e. The van der Waals surface area contributed by atoms with Crippen LogP contribution in [0.1, 0.15) is 24.3 Å². The number of carbonyl (C=O) groups is 1. The Labute approximate surface area is 146 Å². The van der Waals surface area contributed by atoms with E-state index in [2.05, 4.69) is 29.2 Å². The van der Waals surface area contributed by atoms with Crippen molar-refractivity contribution in [2.45, 2.75) is 26.1 Å². The first-order valence-corrected chi connectivity index (χ1v) is 8.49. The molecule has 0 spiro atoms. The monoisotopic (exact) mass is 346 g/mol. The number of hydrogen-bond donors (Lipinski definition) is 1. The van der Waals surface area contributed by atoms with Gasteiger partial charge in [-0.2, -0.15) is 5.10 Å². The zero-order valence-electron chi connectivity index (χ0n) is 14.5. The molecule has 134 valence electrons. The molecule has 0 bridgehead atoms. The summed E-state index contributed by atoms with van der Waals surface area (Å²) in [5.41, 5.74) is 1.05. The Bertz CT molecular complexity index is 706. The summed E-state index contributed by atoms with van der Waals surface area (Å²) in [4.78, 5) is 14.5.